The summed E-state index contributed by atoms with van der Waals surface area (Å²) < 4.78 is 12.3. The van der Waals surface area contributed by atoms with E-state index in [2.05, 4.69) is 56.7 Å². The van der Waals surface area contributed by atoms with Crippen LogP contribution >= 0.6 is 27.3 Å². The highest BCUT2D eigenvalue weighted by Crippen LogP contribution is 2.41. The van der Waals surface area contributed by atoms with Crippen molar-refractivity contribution in [1.29, 1.82) is 0 Å². The summed E-state index contributed by atoms with van der Waals surface area (Å²) in [6.07, 6.45) is 0. The summed E-state index contributed by atoms with van der Waals surface area (Å²) in [4.78, 5) is 1.17. The molecule has 0 saturated heterocycles. The maximum absolute atomic E-state index is 5.70. The van der Waals surface area contributed by atoms with Crippen LogP contribution in [0.2, 0.25) is 0 Å². The molecule has 4 nitrogen and oxygen atoms in total. The first-order chi connectivity index (χ1) is 13.2. The average Bonchev–Trinajstić information content (AvgIpc) is 3.37. The predicted molar refractivity (Wildman–Crippen MR) is 115 cm³/mol. The number of nitrogens with zero attached hydrogens (tertiary/aromatic N) is 2. The summed E-state index contributed by atoms with van der Waals surface area (Å²) in [7, 11) is 3.35. The number of rotatable bonds is 5. The molecule has 1 aromatic heterocycles. The van der Waals surface area contributed by atoms with Gasteiger partial charge in [-0.3, -0.25) is 5.01 Å². The minimum Gasteiger partial charge on any atom is -0.493 e. The molecule has 2 aromatic carbocycles. The van der Waals surface area contributed by atoms with E-state index in [0.717, 1.165) is 39.5 Å². The molecule has 6 heteroatoms. The smallest absolute Gasteiger partial charge is 0.164 e. The van der Waals surface area contributed by atoms with E-state index in [4.69, 9.17) is 14.6 Å². The minimum absolute atomic E-state index is 0.0948. The van der Waals surface area contributed by atoms with Gasteiger partial charge in [0, 0.05) is 10.0 Å². The lowest BCUT2D eigenvalue weighted by Gasteiger charge is -2.19. The molecular formula is C21H19BrN2O2S. The summed E-state index contributed by atoms with van der Waals surface area (Å²) in [6, 6.07) is 18.4. The zero-order chi connectivity index (χ0) is 18.8. The summed E-state index contributed by atoms with van der Waals surface area (Å²) in [5.74, 6) is 1.60. The number of methoxy groups -OCH3 is 2. The van der Waals surface area contributed by atoms with Crippen LogP contribution in [0.3, 0.4) is 0 Å². The van der Waals surface area contributed by atoms with Crippen molar-refractivity contribution in [3.8, 4) is 11.5 Å². The minimum atomic E-state index is 0.0948. The first-order valence-corrected chi connectivity index (χ1v) is 10.2. The SMILES string of the molecule is COc1cccc([C@H]2CN(c3ccc(Br)cc3)N=C2c2cccs2)c1OC. The van der Waals surface area contributed by atoms with Crippen molar-refractivity contribution in [2.75, 3.05) is 25.8 Å². The first-order valence-electron chi connectivity index (χ1n) is 8.57. The highest BCUT2D eigenvalue weighted by atomic mass is 79.9. The van der Waals surface area contributed by atoms with Crippen LogP contribution in [0.15, 0.2) is 69.6 Å². The van der Waals surface area contributed by atoms with Crippen LogP contribution in [-0.4, -0.2) is 26.5 Å². The van der Waals surface area contributed by atoms with Crippen molar-refractivity contribution >= 4 is 38.7 Å². The molecule has 3 aromatic rings. The molecule has 0 radical (unpaired) electrons. The Kier molecular flexibility index (Phi) is 5.18. The monoisotopic (exact) mass is 442 g/mol. The molecular weight excluding hydrogens is 424 g/mol. The number of benzene rings is 2. The Bertz CT molecular complexity index is 955. The fourth-order valence-electron chi connectivity index (χ4n) is 3.35. The molecule has 4 rings (SSSR count). The van der Waals surface area contributed by atoms with Crippen LogP contribution in [0.5, 0.6) is 11.5 Å². The molecule has 1 atom stereocenters. The molecule has 0 saturated carbocycles. The number of para-hydroxylation sites is 1. The van der Waals surface area contributed by atoms with Gasteiger partial charge in [0.1, 0.15) is 0 Å². The van der Waals surface area contributed by atoms with E-state index in [-0.39, 0.29) is 5.92 Å². The Balaban J connectivity index is 1.78. The fourth-order valence-corrected chi connectivity index (χ4v) is 4.38. The van der Waals surface area contributed by atoms with E-state index < -0.39 is 0 Å². The van der Waals surface area contributed by atoms with Gasteiger partial charge in [0.15, 0.2) is 11.5 Å². The van der Waals surface area contributed by atoms with Crippen LogP contribution < -0.4 is 14.5 Å². The van der Waals surface area contributed by atoms with E-state index >= 15 is 0 Å². The third-order valence-electron chi connectivity index (χ3n) is 4.62. The number of thiophene rings is 1. The van der Waals surface area contributed by atoms with Gasteiger partial charge in [-0.1, -0.05) is 34.1 Å². The van der Waals surface area contributed by atoms with E-state index in [1.165, 1.54) is 4.88 Å². The van der Waals surface area contributed by atoms with Crippen molar-refractivity contribution in [2.45, 2.75) is 5.92 Å². The maximum Gasteiger partial charge on any atom is 0.164 e. The van der Waals surface area contributed by atoms with Crippen LogP contribution in [0, 0.1) is 0 Å². The van der Waals surface area contributed by atoms with E-state index in [0.29, 0.717) is 0 Å². The maximum atomic E-state index is 5.70. The Hall–Kier alpha value is -2.31. The number of hydrogen-bond acceptors (Lipinski definition) is 5. The average molecular weight is 443 g/mol. The lowest BCUT2D eigenvalue weighted by Crippen LogP contribution is -2.18. The number of hydrazone groups is 1. The summed E-state index contributed by atoms with van der Waals surface area (Å²) in [5, 5.41) is 9.11. The first kappa shape index (κ1) is 18.1. The molecule has 0 unspecified atom stereocenters. The molecule has 27 heavy (non-hydrogen) atoms. The largest absolute Gasteiger partial charge is 0.493 e. The van der Waals surface area contributed by atoms with Gasteiger partial charge < -0.3 is 9.47 Å². The number of anilines is 1. The lowest BCUT2D eigenvalue weighted by atomic mass is 9.92. The highest BCUT2D eigenvalue weighted by Gasteiger charge is 2.33. The number of hydrogen-bond donors (Lipinski definition) is 0. The quantitative estimate of drug-likeness (QED) is 0.520. The Morgan fingerprint density at radius 2 is 1.85 bits per heavy atom. The Morgan fingerprint density at radius 1 is 1.04 bits per heavy atom. The van der Waals surface area contributed by atoms with Crippen LogP contribution in [0.1, 0.15) is 16.4 Å². The molecule has 0 fully saturated rings. The zero-order valence-electron chi connectivity index (χ0n) is 15.1. The van der Waals surface area contributed by atoms with Gasteiger partial charge in [-0.15, -0.1) is 11.3 Å². The van der Waals surface area contributed by atoms with Gasteiger partial charge >= 0.3 is 0 Å². The van der Waals surface area contributed by atoms with Crippen molar-refractivity contribution in [3.05, 3.63) is 74.9 Å². The molecule has 0 spiro atoms. The standard InChI is InChI=1S/C21H19BrN2O2S/c1-25-18-6-3-5-16(21(18)26-2)17-13-24(15-10-8-14(22)9-11-15)23-20(17)19-7-4-12-27-19/h3-12,17H,13H2,1-2H3/t17-/m1/s1. The molecule has 0 N–H and O–H groups in total. The Labute approximate surface area is 171 Å². The zero-order valence-corrected chi connectivity index (χ0v) is 17.5. The van der Waals surface area contributed by atoms with Gasteiger partial charge in [0.2, 0.25) is 0 Å². The van der Waals surface area contributed by atoms with Gasteiger partial charge in [-0.05, 0) is 41.8 Å². The molecule has 0 amide bonds. The van der Waals surface area contributed by atoms with Crippen molar-refractivity contribution < 1.29 is 9.47 Å². The summed E-state index contributed by atoms with van der Waals surface area (Å²) in [6.45, 7) is 0.748. The van der Waals surface area contributed by atoms with E-state index in [1.807, 2.05) is 24.3 Å². The van der Waals surface area contributed by atoms with Gasteiger partial charge in [-0.25, -0.2) is 0 Å². The number of halogens is 1. The second-order valence-corrected chi connectivity index (χ2v) is 8.02. The second kappa shape index (κ2) is 7.74. The lowest BCUT2D eigenvalue weighted by molar-refractivity contribution is 0.351. The van der Waals surface area contributed by atoms with Crippen molar-refractivity contribution in [2.24, 2.45) is 5.10 Å². The van der Waals surface area contributed by atoms with Crippen LogP contribution in [0.4, 0.5) is 5.69 Å². The third-order valence-corrected chi connectivity index (χ3v) is 6.04. The fraction of sp³-hybridized carbons (Fsp3) is 0.190. The molecule has 138 valence electrons. The van der Waals surface area contributed by atoms with Crippen molar-refractivity contribution in [1.82, 2.24) is 0 Å². The van der Waals surface area contributed by atoms with Crippen LogP contribution in [-0.2, 0) is 0 Å². The van der Waals surface area contributed by atoms with Gasteiger partial charge in [0.25, 0.3) is 0 Å². The number of ether oxygens (including phenoxy) is 2. The molecule has 0 aliphatic carbocycles. The third kappa shape index (κ3) is 3.47. The molecule has 1 aliphatic heterocycles. The second-order valence-electron chi connectivity index (χ2n) is 6.16. The molecule has 0 bridgehead atoms. The highest BCUT2D eigenvalue weighted by molar-refractivity contribution is 9.10. The normalized spacial score (nSPS) is 16.3. The topological polar surface area (TPSA) is 34.1 Å². The predicted octanol–water partition coefficient (Wildman–Crippen LogP) is 5.54. The van der Waals surface area contributed by atoms with Gasteiger partial charge in [0.05, 0.1) is 43.0 Å². The molecule has 1 aliphatic rings. The summed E-state index contributed by atoms with van der Waals surface area (Å²) in [5.41, 5.74) is 3.21. The van der Waals surface area contributed by atoms with Crippen molar-refractivity contribution in [3.63, 3.8) is 0 Å². The van der Waals surface area contributed by atoms with Gasteiger partial charge in [-0.2, -0.15) is 5.10 Å². The Morgan fingerprint density at radius 3 is 2.52 bits per heavy atom. The van der Waals surface area contributed by atoms with E-state index in [9.17, 15) is 0 Å². The summed E-state index contributed by atoms with van der Waals surface area (Å²) >= 11 is 5.20. The van der Waals surface area contributed by atoms with Crippen LogP contribution in [0.25, 0.3) is 0 Å². The van der Waals surface area contributed by atoms with E-state index in [1.54, 1.807) is 25.6 Å². The molecule has 2 heterocycles.